The molecule has 8 nitrogen and oxygen atoms in total. The molecule has 37 heavy (non-hydrogen) atoms. The number of benzene rings is 1. The third kappa shape index (κ3) is 7.32. The monoisotopic (exact) mass is 570 g/mol. The standard InChI is InChI=1S/C26H38N4O4S2.ClH/c1-16(2)13-30(14-17(3)4)36(33,34)20-9-7-19(8-10-20)25(32)28-26-23(24(27)31)21-11-12-29(18(5)6)15-22(21)35-26;/h7-10,16-18H,11-15H2,1-6H3,(H2,27,31)(H,28,32);1H. The number of nitrogens with two attached hydrogens (primary N) is 1. The lowest BCUT2D eigenvalue weighted by molar-refractivity contribution is 0.0999. The van der Waals surface area contributed by atoms with Crippen molar-refractivity contribution < 1.29 is 18.0 Å². The van der Waals surface area contributed by atoms with E-state index in [1.165, 1.54) is 39.9 Å². The molecule has 2 aromatic rings. The highest BCUT2D eigenvalue weighted by atomic mass is 35.5. The minimum absolute atomic E-state index is 0. The molecule has 206 valence electrons. The van der Waals surface area contributed by atoms with Gasteiger partial charge in [0.05, 0.1) is 10.5 Å². The molecule has 3 N–H and O–H groups in total. The maximum absolute atomic E-state index is 13.3. The number of hydrogen-bond acceptors (Lipinski definition) is 6. The smallest absolute Gasteiger partial charge is 0.256 e. The van der Waals surface area contributed by atoms with Crippen molar-refractivity contribution in [3.8, 4) is 0 Å². The van der Waals surface area contributed by atoms with Gasteiger partial charge in [-0.05, 0) is 61.9 Å². The Morgan fingerprint density at radius 2 is 1.62 bits per heavy atom. The van der Waals surface area contributed by atoms with E-state index in [1.807, 2.05) is 27.7 Å². The fourth-order valence-electron chi connectivity index (χ4n) is 4.40. The van der Waals surface area contributed by atoms with Gasteiger partial charge in [-0.15, -0.1) is 23.7 Å². The molecule has 11 heteroatoms. The Hall–Kier alpha value is -1.98. The molecule has 2 heterocycles. The Morgan fingerprint density at radius 1 is 1.05 bits per heavy atom. The second kappa shape index (κ2) is 12.7. The zero-order valence-electron chi connectivity index (χ0n) is 22.4. The Labute approximate surface area is 231 Å². The summed E-state index contributed by atoms with van der Waals surface area (Å²) in [6.45, 7) is 14.6. The molecule has 1 aromatic carbocycles. The Morgan fingerprint density at radius 3 is 2.11 bits per heavy atom. The quantitative estimate of drug-likeness (QED) is 0.434. The van der Waals surface area contributed by atoms with Gasteiger partial charge in [0.15, 0.2) is 0 Å². The lowest BCUT2D eigenvalue weighted by Crippen LogP contribution is -2.37. The number of nitrogens with one attached hydrogen (secondary N) is 1. The van der Waals surface area contributed by atoms with Crippen molar-refractivity contribution in [3.63, 3.8) is 0 Å². The largest absolute Gasteiger partial charge is 0.365 e. The average Bonchev–Trinajstić information content (AvgIpc) is 3.15. The van der Waals surface area contributed by atoms with Crippen LogP contribution in [-0.4, -0.2) is 55.1 Å². The third-order valence-corrected chi connectivity index (χ3v) is 9.16. The van der Waals surface area contributed by atoms with E-state index in [4.69, 9.17) is 5.73 Å². The van der Waals surface area contributed by atoms with Gasteiger partial charge in [-0.25, -0.2) is 8.42 Å². The van der Waals surface area contributed by atoms with Gasteiger partial charge in [0.25, 0.3) is 11.8 Å². The van der Waals surface area contributed by atoms with Crippen molar-refractivity contribution >= 4 is 50.6 Å². The SMILES string of the molecule is CC(C)CN(CC(C)C)S(=O)(=O)c1ccc(C(=O)Nc2sc3c(c2C(N)=O)CCN(C(C)C)C3)cc1.Cl. The maximum Gasteiger partial charge on any atom is 0.256 e. The summed E-state index contributed by atoms with van der Waals surface area (Å²) < 4.78 is 28.0. The van der Waals surface area contributed by atoms with Gasteiger partial charge in [-0.3, -0.25) is 14.5 Å². The molecule has 1 aliphatic heterocycles. The Kier molecular flexibility index (Phi) is 10.7. The molecule has 0 radical (unpaired) electrons. The molecule has 0 bridgehead atoms. The van der Waals surface area contributed by atoms with Gasteiger partial charge in [0, 0.05) is 42.7 Å². The molecule has 1 aliphatic rings. The molecule has 0 atom stereocenters. The van der Waals surface area contributed by atoms with Crippen LogP contribution in [0.25, 0.3) is 0 Å². The van der Waals surface area contributed by atoms with Gasteiger partial charge in [0.2, 0.25) is 10.0 Å². The van der Waals surface area contributed by atoms with Crippen molar-refractivity contribution in [1.82, 2.24) is 9.21 Å². The summed E-state index contributed by atoms with van der Waals surface area (Å²) >= 11 is 1.38. The fraction of sp³-hybridized carbons (Fsp3) is 0.538. The first-order valence-electron chi connectivity index (χ1n) is 12.4. The van der Waals surface area contributed by atoms with Gasteiger partial charge in [-0.1, -0.05) is 27.7 Å². The number of carbonyl (C=O) groups is 2. The molecule has 0 unspecified atom stereocenters. The number of rotatable bonds is 10. The summed E-state index contributed by atoms with van der Waals surface area (Å²) in [5, 5.41) is 3.29. The number of nitrogens with zero attached hydrogens (tertiary/aromatic N) is 2. The Balaban J connectivity index is 0.00000481. The van der Waals surface area contributed by atoms with Crippen molar-refractivity contribution in [2.45, 2.75) is 65.4 Å². The second-order valence-corrected chi connectivity index (χ2v) is 13.5. The number of halogens is 1. The molecule has 0 saturated carbocycles. The van der Waals surface area contributed by atoms with Gasteiger partial charge >= 0.3 is 0 Å². The summed E-state index contributed by atoms with van der Waals surface area (Å²) in [6.07, 6.45) is 0.702. The fourth-order valence-corrected chi connectivity index (χ4v) is 7.44. The van der Waals surface area contributed by atoms with E-state index >= 15 is 0 Å². The molecular weight excluding hydrogens is 532 g/mol. The van der Waals surface area contributed by atoms with E-state index in [2.05, 4.69) is 24.1 Å². The summed E-state index contributed by atoms with van der Waals surface area (Å²) in [6, 6.07) is 6.31. The maximum atomic E-state index is 13.3. The predicted octanol–water partition coefficient (Wildman–Crippen LogP) is 4.59. The zero-order chi connectivity index (χ0) is 26.8. The normalized spacial score (nSPS) is 14.2. The zero-order valence-corrected chi connectivity index (χ0v) is 24.9. The van der Waals surface area contributed by atoms with E-state index in [-0.39, 0.29) is 29.1 Å². The third-order valence-electron chi connectivity index (χ3n) is 6.18. The number of sulfonamides is 1. The topological polar surface area (TPSA) is 113 Å². The van der Waals surface area contributed by atoms with Crippen LogP contribution in [-0.2, 0) is 23.0 Å². The van der Waals surface area contributed by atoms with Crippen LogP contribution in [0.2, 0.25) is 0 Å². The van der Waals surface area contributed by atoms with Crippen LogP contribution in [0, 0.1) is 11.8 Å². The van der Waals surface area contributed by atoms with E-state index in [9.17, 15) is 18.0 Å². The van der Waals surface area contributed by atoms with Crippen LogP contribution < -0.4 is 11.1 Å². The van der Waals surface area contributed by atoms with Crippen LogP contribution in [0.4, 0.5) is 5.00 Å². The number of amides is 2. The van der Waals surface area contributed by atoms with Gasteiger partial charge in [-0.2, -0.15) is 4.31 Å². The van der Waals surface area contributed by atoms with E-state index in [0.717, 1.165) is 17.0 Å². The molecular formula is C26H39ClN4O4S2. The highest BCUT2D eigenvalue weighted by Gasteiger charge is 2.29. The summed E-state index contributed by atoms with van der Waals surface area (Å²) in [7, 11) is -3.69. The van der Waals surface area contributed by atoms with E-state index < -0.39 is 21.8 Å². The summed E-state index contributed by atoms with van der Waals surface area (Å²) in [4.78, 5) is 28.8. The van der Waals surface area contributed by atoms with Crippen molar-refractivity contribution in [2.75, 3.05) is 25.0 Å². The highest BCUT2D eigenvalue weighted by Crippen LogP contribution is 2.37. The van der Waals surface area contributed by atoms with Gasteiger partial charge in [0.1, 0.15) is 5.00 Å². The summed E-state index contributed by atoms with van der Waals surface area (Å²) in [5.41, 5.74) is 7.28. The Bertz CT molecular complexity index is 1200. The van der Waals surface area contributed by atoms with Crippen LogP contribution in [0.1, 0.15) is 72.7 Å². The van der Waals surface area contributed by atoms with Crippen molar-refractivity contribution in [2.24, 2.45) is 17.6 Å². The molecule has 0 fully saturated rings. The number of anilines is 1. The molecule has 0 saturated heterocycles. The first-order chi connectivity index (χ1) is 16.8. The molecule has 1 aromatic heterocycles. The van der Waals surface area contributed by atoms with Crippen molar-refractivity contribution in [3.05, 3.63) is 45.8 Å². The van der Waals surface area contributed by atoms with E-state index in [0.29, 0.717) is 48.2 Å². The van der Waals surface area contributed by atoms with Crippen LogP contribution in [0.5, 0.6) is 0 Å². The van der Waals surface area contributed by atoms with Gasteiger partial charge < -0.3 is 11.1 Å². The van der Waals surface area contributed by atoms with Crippen molar-refractivity contribution in [1.29, 1.82) is 0 Å². The predicted molar refractivity (Wildman–Crippen MR) is 152 cm³/mol. The lowest BCUT2D eigenvalue weighted by Gasteiger charge is -2.30. The highest BCUT2D eigenvalue weighted by molar-refractivity contribution is 7.89. The summed E-state index contributed by atoms with van der Waals surface area (Å²) in [5.74, 6) is -0.598. The number of primary amides is 1. The van der Waals surface area contributed by atoms with Crippen LogP contribution in [0.3, 0.4) is 0 Å². The number of thiophene rings is 1. The van der Waals surface area contributed by atoms with Crippen LogP contribution >= 0.6 is 23.7 Å². The number of hydrogen-bond donors (Lipinski definition) is 2. The second-order valence-electron chi connectivity index (χ2n) is 10.5. The number of carbonyl (C=O) groups excluding carboxylic acids is 2. The minimum atomic E-state index is -3.69. The lowest BCUT2D eigenvalue weighted by atomic mass is 10.0. The average molecular weight is 571 g/mol. The molecule has 2 amide bonds. The molecule has 0 spiro atoms. The number of fused-ring (bicyclic) bond motifs is 1. The minimum Gasteiger partial charge on any atom is -0.365 e. The van der Waals surface area contributed by atoms with Crippen LogP contribution in [0.15, 0.2) is 29.2 Å². The first kappa shape index (κ1) is 31.2. The molecule has 3 rings (SSSR count). The van der Waals surface area contributed by atoms with E-state index in [1.54, 1.807) is 0 Å². The first-order valence-corrected chi connectivity index (χ1v) is 14.7. The molecule has 0 aliphatic carbocycles.